The predicted molar refractivity (Wildman–Crippen MR) is 42.9 cm³/mol. The van der Waals surface area contributed by atoms with Gasteiger partial charge in [0.1, 0.15) is 4.32 Å². The molecule has 0 aliphatic heterocycles. The Kier molecular flexibility index (Phi) is 3.79. The highest BCUT2D eigenvalue weighted by molar-refractivity contribution is 9.10. The molecule has 57 valence electrons. The second kappa shape index (κ2) is 3.86. The molecule has 2 nitrogen and oxygen atoms in total. The number of hydrogen-bond acceptors (Lipinski definition) is 2. The van der Waals surface area contributed by atoms with Crippen LogP contribution in [0.5, 0.6) is 0 Å². The molecule has 0 N–H and O–H groups in total. The Morgan fingerprint density at radius 1 is 1.60 bits per heavy atom. The lowest BCUT2D eigenvalue weighted by molar-refractivity contribution is -0.119. The molecule has 0 aromatic carbocycles. The van der Waals surface area contributed by atoms with Crippen molar-refractivity contribution >= 4 is 28.0 Å². The van der Waals surface area contributed by atoms with E-state index in [2.05, 4.69) is 15.9 Å². The lowest BCUT2D eigenvalue weighted by Gasteiger charge is -2.13. The molecular formula is C7H10BrO2. The number of carbonyl (C=O) groups is 1. The van der Waals surface area contributed by atoms with Crippen LogP contribution in [0, 0.1) is 0 Å². The maximum atomic E-state index is 11.0. The van der Waals surface area contributed by atoms with Crippen molar-refractivity contribution in [3.05, 3.63) is 0 Å². The Bertz CT molecular complexity index is 145. The van der Waals surface area contributed by atoms with Gasteiger partial charge in [0.25, 0.3) is 0 Å². The van der Waals surface area contributed by atoms with Gasteiger partial charge in [-0.05, 0) is 6.42 Å². The lowest BCUT2D eigenvalue weighted by atomic mass is 10.0. The summed E-state index contributed by atoms with van der Waals surface area (Å²) in [5.74, 6) is -0.106. The molecule has 0 spiro atoms. The van der Waals surface area contributed by atoms with Crippen LogP contribution in [0.3, 0.4) is 0 Å². The fraction of sp³-hybridized carbons (Fsp3) is 0.714. The number of rotatable bonds is 4. The van der Waals surface area contributed by atoms with Crippen molar-refractivity contribution in [1.82, 2.24) is 0 Å². The van der Waals surface area contributed by atoms with Crippen LogP contribution in [0.15, 0.2) is 0 Å². The molecular weight excluding hydrogens is 196 g/mol. The molecule has 0 aromatic rings. The fourth-order valence-corrected chi connectivity index (χ4v) is 0.887. The highest BCUT2D eigenvalue weighted by Crippen LogP contribution is 2.21. The van der Waals surface area contributed by atoms with Crippen molar-refractivity contribution < 1.29 is 9.59 Å². The monoisotopic (exact) mass is 205 g/mol. The van der Waals surface area contributed by atoms with Gasteiger partial charge in [0, 0.05) is 6.42 Å². The molecule has 1 unspecified atom stereocenters. The number of ketones is 1. The van der Waals surface area contributed by atoms with Gasteiger partial charge in [-0.25, -0.2) is 0 Å². The van der Waals surface area contributed by atoms with Crippen LogP contribution < -0.4 is 0 Å². The Hall–Kier alpha value is -0.180. The molecule has 1 atom stereocenters. The van der Waals surface area contributed by atoms with Crippen LogP contribution in [0.25, 0.3) is 0 Å². The summed E-state index contributed by atoms with van der Waals surface area (Å²) in [6.07, 6.45) is 2.53. The number of alkyl halides is 1. The van der Waals surface area contributed by atoms with Crippen molar-refractivity contribution in [3.63, 3.8) is 0 Å². The molecule has 0 saturated heterocycles. The smallest absolute Gasteiger partial charge is 0.224 e. The van der Waals surface area contributed by atoms with Crippen molar-refractivity contribution in [1.29, 1.82) is 0 Å². The molecule has 0 bridgehead atoms. The molecule has 0 aliphatic carbocycles. The first-order valence-corrected chi connectivity index (χ1v) is 4.01. The first-order chi connectivity index (χ1) is 4.60. The number of halogens is 1. The van der Waals surface area contributed by atoms with Crippen molar-refractivity contribution in [2.75, 3.05) is 0 Å². The quantitative estimate of drug-likeness (QED) is 0.517. The SMILES string of the molecule is CCC(=O)C(Br)([C]=O)CC. The third-order valence-electron chi connectivity index (χ3n) is 1.41. The molecule has 0 amide bonds. The molecule has 0 aliphatic rings. The molecule has 10 heavy (non-hydrogen) atoms. The zero-order valence-electron chi connectivity index (χ0n) is 6.11. The number of hydrogen-bond donors (Lipinski definition) is 0. The van der Waals surface area contributed by atoms with E-state index in [0.717, 1.165) is 0 Å². The molecule has 3 heteroatoms. The average Bonchev–Trinajstić information content (AvgIpc) is 2.01. The van der Waals surface area contributed by atoms with Crippen molar-refractivity contribution in [2.24, 2.45) is 0 Å². The van der Waals surface area contributed by atoms with E-state index in [-0.39, 0.29) is 5.78 Å². The zero-order chi connectivity index (χ0) is 8.20. The van der Waals surface area contributed by atoms with Crippen molar-refractivity contribution in [2.45, 2.75) is 31.0 Å². The van der Waals surface area contributed by atoms with Crippen LogP contribution in [-0.4, -0.2) is 16.4 Å². The minimum atomic E-state index is -1.04. The predicted octanol–water partition coefficient (Wildman–Crippen LogP) is 1.62. The average molecular weight is 206 g/mol. The summed E-state index contributed by atoms with van der Waals surface area (Å²) in [6, 6.07) is 0. The van der Waals surface area contributed by atoms with E-state index in [0.29, 0.717) is 12.8 Å². The summed E-state index contributed by atoms with van der Waals surface area (Å²) in [6.45, 7) is 3.50. The van der Waals surface area contributed by atoms with E-state index in [9.17, 15) is 9.59 Å². The summed E-state index contributed by atoms with van der Waals surface area (Å²) in [5.41, 5.74) is 0. The van der Waals surface area contributed by atoms with Gasteiger partial charge in [0.2, 0.25) is 6.29 Å². The van der Waals surface area contributed by atoms with Gasteiger partial charge in [0.15, 0.2) is 5.78 Å². The zero-order valence-corrected chi connectivity index (χ0v) is 7.69. The Balaban J connectivity index is 4.31. The standard InChI is InChI=1S/C7H10BrO2/c1-3-6(10)7(8,4-2)5-9/h3-4H2,1-2H3. The largest absolute Gasteiger partial charge is 0.298 e. The fourth-order valence-electron chi connectivity index (χ4n) is 0.606. The lowest BCUT2D eigenvalue weighted by Crippen LogP contribution is -2.32. The highest BCUT2D eigenvalue weighted by Gasteiger charge is 2.32. The van der Waals surface area contributed by atoms with E-state index in [1.54, 1.807) is 20.1 Å². The minimum Gasteiger partial charge on any atom is -0.298 e. The second-order valence-electron chi connectivity index (χ2n) is 2.03. The second-order valence-corrected chi connectivity index (χ2v) is 3.39. The van der Waals surface area contributed by atoms with Crippen LogP contribution in [-0.2, 0) is 9.59 Å². The first kappa shape index (κ1) is 9.82. The van der Waals surface area contributed by atoms with Crippen LogP contribution in [0.1, 0.15) is 26.7 Å². The van der Waals surface area contributed by atoms with E-state index < -0.39 is 4.32 Å². The summed E-state index contributed by atoms with van der Waals surface area (Å²) in [4.78, 5) is 21.3. The van der Waals surface area contributed by atoms with Gasteiger partial charge in [-0.15, -0.1) is 0 Å². The van der Waals surface area contributed by atoms with Gasteiger partial charge in [0.05, 0.1) is 0 Å². The number of carbonyl (C=O) groups excluding carboxylic acids is 2. The van der Waals surface area contributed by atoms with Crippen LogP contribution in [0.2, 0.25) is 0 Å². The van der Waals surface area contributed by atoms with Gasteiger partial charge in [-0.3, -0.25) is 9.59 Å². The van der Waals surface area contributed by atoms with Gasteiger partial charge in [-0.2, -0.15) is 0 Å². The van der Waals surface area contributed by atoms with E-state index in [1.807, 2.05) is 0 Å². The molecule has 1 radical (unpaired) electrons. The molecule has 0 heterocycles. The Morgan fingerprint density at radius 2 is 2.10 bits per heavy atom. The summed E-state index contributed by atoms with van der Waals surface area (Å²) in [5, 5.41) is 0. The Morgan fingerprint density at radius 3 is 2.20 bits per heavy atom. The minimum absolute atomic E-state index is 0.106. The van der Waals surface area contributed by atoms with E-state index in [4.69, 9.17) is 0 Å². The van der Waals surface area contributed by atoms with Gasteiger partial charge >= 0.3 is 0 Å². The first-order valence-electron chi connectivity index (χ1n) is 3.22. The third-order valence-corrected chi connectivity index (χ3v) is 2.58. The van der Waals surface area contributed by atoms with Crippen LogP contribution in [0.4, 0.5) is 0 Å². The normalized spacial score (nSPS) is 15.9. The van der Waals surface area contributed by atoms with Gasteiger partial charge < -0.3 is 0 Å². The summed E-state index contributed by atoms with van der Waals surface area (Å²) >= 11 is 3.04. The topological polar surface area (TPSA) is 34.1 Å². The summed E-state index contributed by atoms with van der Waals surface area (Å²) < 4.78 is -1.04. The summed E-state index contributed by atoms with van der Waals surface area (Å²) in [7, 11) is 0. The Labute approximate surface area is 69.1 Å². The van der Waals surface area contributed by atoms with Crippen molar-refractivity contribution in [3.8, 4) is 0 Å². The highest BCUT2D eigenvalue weighted by atomic mass is 79.9. The molecule has 0 fully saturated rings. The number of Topliss-reactive ketones (excluding diaryl/α,β-unsaturated/α-hetero) is 1. The molecule has 0 saturated carbocycles. The van der Waals surface area contributed by atoms with Crippen LogP contribution >= 0.6 is 15.9 Å². The van der Waals surface area contributed by atoms with E-state index >= 15 is 0 Å². The maximum Gasteiger partial charge on any atom is 0.224 e. The molecule has 0 rings (SSSR count). The maximum absolute atomic E-state index is 11.0. The molecule has 0 aromatic heterocycles. The third kappa shape index (κ3) is 1.90. The van der Waals surface area contributed by atoms with E-state index in [1.165, 1.54) is 0 Å². The van der Waals surface area contributed by atoms with Gasteiger partial charge in [-0.1, -0.05) is 29.8 Å².